The molecule has 0 saturated heterocycles. The molecule has 0 aliphatic rings. The molecule has 0 heterocycles. The van der Waals surface area contributed by atoms with Crippen LogP contribution < -0.4 is 0 Å². The van der Waals surface area contributed by atoms with Gasteiger partial charge in [-0.2, -0.15) is 0 Å². The van der Waals surface area contributed by atoms with Gasteiger partial charge in [-0.05, 0) is 18.3 Å². The van der Waals surface area contributed by atoms with Crippen molar-refractivity contribution in [2.75, 3.05) is 0 Å². The zero-order valence-corrected chi connectivity index (χ0v) is 9.12. The van der Waals surface area contributed by atoms with Gasteiger partial charge in [0.25, 0.3) is 0 Å². The van der Waals surface area contributed by atoms with E-state index in [-0.39, 0.29) is 10.8 Å². The second-order valence-electron chi connectivity index (χ2n) is 4.28. The lowest BCUT2D eigenvalue weighted by atomic mass is 9.89. The summed E-state index contributed by atoms with van der Waals surface area (Å²) in [5, 5.41) is 0.273. The molecule has 0 saturated carbocycles. The number of unbranched alkanes of at least 4 members (excludes halogenated alkanes) is 2. The summed E-state index contributed by atoms with van der Waals surface area (Å²) in [4.78, 5) is 0. The standard InChI is InChI=1S/C11H19Cl/c1-5-6-7-8-9-10(12)11(2,3)4/h1,10H,6-9H2,2-4H3. The molecule has 0 bridgehead atoms. The molecule has 0 aromatic rings. The second-order valence-corrected chi connectivity index (χ2v) is 4.81. The lowest BCUT2D eigenvalue weighted by Crippen LogP contribution is -2.20. The van der Waals surface area contributed by atoms with Crippen LogP contribution >= 0.6 is 11.6 Å². The zero-order valence-electron chi connectivity index (χ0n) is 8.36. The number of hydrogen-bond donors (Lipinski definition) is 0. The van der Waals surface area contributed by atoms with Crippen molar-refractivity contribution in [1.29, 1.82) is 0 Å². The molecule has 0 aliphatic heterocycles. The van der Waals surface area contributed by atoms with Crippen LogP contribution in [0.5, 0.6) is 0 Å². The first-order chi connectivity index (χ1) is 5.48. The van der Waals surface area contributed by atoms with E-state index in [1.807, 2.05) is 0 Å². The summed E-state index contributed by atoms with van der Waals surface area (Å²) in [5.74, 6) is 2.64. The number of halogens is 1. The van der Waals surface area contributed by atoms with Crippen LogP contribution in [-0.4, -0.2) is 5.38 Å². The van der Waals surface area contributed by atoms with E-state index in [1.165, 1.54) is 0 Å². The highest BCUT2D eigenvalue weighted by Crippen LogP contribution is 2.28. The molecule has 0 amide bonds. The van der Waals surface area contributed by atoms with Gasteiger partial charge in [-0.15, -0.1) is 23.9 Å². The molecule has 0 aliphatic carbocycles. The summed E-state index contributed by atoms with van der Waals surface area (Å²) < 4.78 is 0. The largest absolute Gasteiger partial charge is 0.122 e. The third-order valence-corrected chi connectivity index (χ3v) is 2.84. The van der Waals surface area contributed by atoms with Crippen molar-refractivity contribution in [2.24, 2.45) is 5.41 Å². The van der Waals surface area contributed by atoms with Gasteiger partial charge in [0.05, 0.1) is 0 Å². The van der Waals surface area contributed by atoms with Crippen molar-refractivity contribution >= 4 is 11.6 Å². The summed E-state index contributed by atoms with van der Waals surface area (Å²) in [7, 11) is 0. The minimum Gasteiger partial charge on any atom is -0.122 e. The average Bonchev–Trinajstić information content (AvgIpc) is 1.96. The van der Waals surface area contributed by atoms with Crippen LogP contribution in [-0.2, 0) is 0 Å². The molecule has 0 spiro atoms. The smallest absolute Gasteiger partial charge is 0.0384 e. The summed E-state index contributed by atoms with van der Waals surface area (Å²) in [6.07, 6.45) is 9.36. The third-order valence-electron chi connectivity index (χ3n) is 1.97. The summed E-state index contributed by atoms with van der Waals surface area (Å²) in [5.41, 5.74) is 0.220. The van der Waals surface area contributed by atoms with E-state index in [4.69, 9.17) is 18.0 Å². The Kier molecular flexibility index (Phi) is 5.42. The van der Waals surface area contributed by atoms with Crippen molar-refractivity contribution in [3.05, 3.63) is 0 Å². The normalized spacial score (nSPS) is 13.9. The highest BCUT2D eigenvalue weighted by molar-refractivity contribution is 6.21. The summed E-state index contributed by atoms with van der Waals surface area (Å²) >= 11 is 6.18. The van der Waals surface area contributed by atoms with Crippen LogP contribution in [0.15, 0.2) is 0 Å². The SMILES string of the molecule is C#CCCCCC(Cl)C(C)(C)C. The first-order valence-corrected chi connectivity index (χ1v) is 4.99. The van der Waals surface area contributed by atoms with Gasteiger partial charge in [-0.25, -0.2) is 0 Å². The van der Waals surface area contributed by atoms with Crippen LogP contribution in [0.1, 0.15) is 46.5 Å². The first-order valence-electron chi connectivity index (χ1n) is 4.56. The predicted molar refractivity (Wildman–Crippen MR) is 56.4 cm³/mol. The maximum Gasteiger partial charge on any atom is 0.0384 e. The quantitative estimate of drug-likeness (QED) is 0.356. The third kappa shape index (κ3) is 5.49. The molecular weight excluding hydrogens is 168 g/mol. The van der Waals surface area contributed by atoms with Gasteiger partial charge in [-0.3, -0.25) is 0 Å². The molecule has 0 nitrogen and oxygen atoms in total. The minimum absolute atomic E-state index is 0.220. The maximum atomic E-state index is 6.18. The van der Waals surface area contributed by atoms with Crippen molar-refractivity contribution in [2.45, 2.75) is 51.8 Å². The molecule has 1 atom stereocenters. The Morgan fingerprint density at radius 1 is 1.33 bits per heavy atom. The Morgan fingerprint density at radius 2 is 1.92 bits per heavy atom. The molecule has 0 radical (unpaired) electrons. The molecule has 0 aromatic heterocycles. The highest BCUT2D eigenvalue weighted by Gasteiger charge is 2.21. The molecule has 70 valence electrons. The van der Waals surface area contributed by atoms with Crippen molar-refractivity contribution in [1.82, 2.24) is 0 Å². The predicted octanol–water partition coefficient (Wildman–Crippen LogP) is 3.83. The van der Waals surface area contributed by atoms with Crippen LogP contribution in [0.4, 0.5) is 0 Å². The van der Waals surface area contributed by atoms with Crippen LogP contribution in [0.2, 0.25) is 0 Å². The molecule has 0 rings (SSSR count). The van der Waals surface area contributed by atoms with Crippen molar-refractivity contribution in [3.63, 3.8) is 0 Å². The van der Waals surface area contributed by atoms with E-state index in [1.54, 1.807) is 0 Å². The van der Waals surface area contributed by atoms with Gasteiger partial charge >= 0.3 is 0 Å². The molecular formula is C11H19Cl. The van der Waals surface area contributed by atoms with Gasteiger partial charge in [0.2, 0.25) is 0 Å². The van der Waals surface area contributed by atoms with Gasteiger partial charge < -0.3 is 0 Å². The van der Waals surface area contributed by atoms with Crippen LogP contribution in [0.3, 0.4) is 0 Å². The van der Waals surface area contributed by atoms with Crippen LogP contribution in [0.25, 0.3) is 0 Å². The van der Waals surface area contributed by atoms with Crippen molar-refractivity contribution in [3.8, 4) is 12.3 Å². The maximum absolute atomic E-state index is 6.18. The Hall–Kier alpha value is -0.150. The Bertz CT molecular complexity index is 147. The average molecular weight is 187 g/mol. The second kappa shape index (κ2) is 5.49. The number of alkyl halides is 1. The Morgan fingerprint density at radius 3 is 2.33 bits per heavy atom. The van der Waals surface area contributed by atoms with Gasteiger partial charge in [0.15, 0.2) is 0 Å². The Labute approximate surface area is 81.7 Å². The van der Waals surface area contributed by atoms with Gasteiger partial charge in [-0.1, -0.05) is 27.2 Å². The fourth-order valence-corrected chi connectivity index (χ4v) is 1.14. The fraction of sp³-hybridized carbons (Fsp3) is 0.818. The molecule has 0 fully saturated rings. The van der Waals surface area contributed by atoms with E-state index in [0.717, 1.165) is 25.7 Å². The van der Waals surface area contributed by atoms with E-state index in [9.17, 15) is 0 Å². The number of hydrogen-bond acceptors (Lipinski definition) is 0. The van der Waals surface area contributed by atoms with Crippen LogP contribution in [0, 0.1) is 17.8 Å². The highest BCUT2D eigenvalue weighted by atomic mass is 35.5. The topological polar surface area (TPSA) is 0 Å². The molecule has 0 aromatic carbocycles. The minimum atomic E-state index is 0.220. The molecule has 1 unspecified atom stereocenters. The van der Waals surface area contributed by atoms with E-state index in [2.05, 4.69) is 26.7 Å². The monoisotopic (exact) mass is 186 g/mol. The van der Waals surface area contributed by atoms with Crippen molar-refractivity contribution < 1.29 is 0 Å². The Balaban J connectivity index is 3.46. The summed E-state index contributed by atoms with van der Waals surface area (Å²) in [6, 6.07) is 0. The lowest BCUT2D eigenvalue weighted by molar-refractivity contribution is 0.367. The zero-order chi connectivity index (χ0) is 9.61. The fourth-order valence-electron chi connectivity index (χ4n) is 0.984. The van der Waals surface area contributed by atoms with E-state index >= 15 is 0 Å². The van der Waals surface area contributed by atoms with Gasteiger partial charge in [0, 0.05) is 11.8 Å². The molecule has 0 N–H and O–H groups in total. The van der Waals surface area contributed by atoms with E-state index < -0.39 is 0 Å². The summed E-state index contributed by atoms with van der Waals surface area (Å²) in [6.45, 7) is 6.52. The van der Waals surface area contributed by atoms with Gasteiger partial charge in [0.1, 0.15) is 0 Å². The number of terminal acetylenes is 1. The number of rotatable bonds is 4. The first kappa shape index (κ1) is 11.8. The lowest BCUT2D eigenvalue weighted by Gasteiger charge is -2.24. The van der Waals surface area contributed by atoms with E-state index in [0.29, 0.717) is 0 Å². The molecule has 12 heavy (non-hydrogen) atoms. The molecule has 1 heteroatoms.